The third-order valence-electron chi connectivity index (χ3n) is 5.38. The summed E-state index contributed by atoms with van der Waals surface area (Å²) in [5.41, 5.74) is -0.630. The molecule has 0 saturated heterocycles. The number of nitrogens with zero attached hydrogens (tertiary/aromatic N) is 1. The molecule has 1 saturated carbocycles. The molecule has 154 valence electrons. The third-order valence-corrected chi connectivity index (χ3v) is 5.38. The van der Waals surface area contributed by atoms with Gasteiger partial charge in [-0.25, -0.2) is 4.79 Å². The van der Waals surface area contributed by atoms with E-state index in [0.717, 1.165) is 19.3 Å². The minimum Gasteiger partial charge on any atom is -0.493 e. The summed E-state index contributed by atoms with van der Waals surface area (Å²) in [5.74, 6) is -0.852. The molecule has 1 aliphatic rings. The number of para-hydroxylation sites is 1. The first-order valence-electron chi connectivity index (χ1n) is 9.92. The van der Waals surface area contributed by atoms with Gasteiger partial charge in [0.2, 0.25) is 5.91 Å². The van der Waals surface area contributed by atoms with E-state index in [9.17, 15) is 19.5 Å². The van der Waals surface area contributed by atoms with Crippen LogP contribution in [0.25, 0.3) is 0 Å². The van der Waals surface area contributed by atoms with Gasteiger partial charge in [0.25, 0.3) is 5.91 Å². The molecule has 1 fully saturated rings. The highest BCUT2D eigenvalue weighted by Crippen LogP contribution is 2.33. The van der Waals surface area contributed by atoms with Crippen molar-refractivity contribution >= 4 is 17.8 Å². The van der Waals surface area contributed by atoms with Gasteiger partial charge in [0.05, 0.1) is 12.2 Å². The van der Waals surface area contributed by atoms with Crippen molar-refractivity contribution in [3.05, 3.63) is 29.8 Å². The van der Waals surface area contributed by atoms with Crippen molar-refractivity contribution in [2.24, 2.45) is 0 Å². The van der Waals surface area contributed by atoms with Crippen molar-refractivity contribution in [2.45, 2.75) is 57.4 Å². The monoisotopic (exact) mass is 390 g/mol. The molecule has 7 nitrogen and oxygen atoms in total. The number of carbonyl (C=O) groups excluding carboxylic acids is 2. The SMILES string of the molecule is CCOc1ccccc1C(=O)NCCCC(=O)N(C)C1(C(=O)O)CCCCC1. The molecule has 0 heterocycles. The fourth-order valence-corrected chi connectivity index (χ4v) is 3.71. The van der Waals surface area contributed by atoms with E-state index >= 15 is 0 Å². The Morgan fingerprint density at radius 3 is 2.50 bits per heavy atom. The first kappa shape index (κ1) is 21.7. The second-order valence-electron chi connectivity index (χ2n) is 7.14. The van der Waals surface area contributed by atoms with Crippen LogP contribution in [0.5, 0.6) is 5.75 Å². The number of ether oxygens (including phenoxy) is 1. The van der Waals surface area contributed by atoms with Crippen molar-refractivity contribution in [3.63, 3.8) is 0 Å². The zero-order valence-electron chi connectivity index (χ0n) is 16.7. The van der Waals surface area contributed by atoms with Crippen LogP contribution in [0.4, 0.5) is 0 Å². The summed E-state index contributed by atoms with van der Waals surface area (Å²) in [6.07, 6.45) is 4.27. The molecule has 2 rings (SSSR count). The van der Waals surface area contributed by atoms with Gasteiger partial charge < -0.3 is 20.1 Å². The lowest BCUT2D eigenvalue weighted by Crippen LogP contribution is -2.56. The summed E-state index contributed by atoms with van der Waals surface area (Å²) in [6.45, 7) is 2.66. The Balaban J connectivity index is 1.85. The van der Waals surface area contributed by atoms with E-state index < -0.39 is 11.5 Å². The molecule has 28 heavy (non-hydrogen) atoms. The molecule has 7 heteroatoms. The van der Waals surface area contributed by atoms with Crippen LogP contribution in [0.3, 0.4) is 0 Å². The van der Waals surface area contributed by atoms with Crippen molar-refractivity contribution in [1.29, 1.82) is 0 Å². The molecule has 0 spiro atoms. The van der Waals surface area contributed by atoms with Gasteiger partial charge in [-0.15, -0.1) is 0 Å². The van der Waals surface area contributed by atoms with Crippen molar-refractivity contribution in [1.82, 2.24) is 10.2 Å². The normalized spacial score (nSPS) is 15.5. The number of carboxylic acid groups (broad SMARTS) is 1. The molecular weight excluding hydrogens is 360 g/mol. The predicted octanol–water partition coefficient (Wildman–Crippen LogP) is 2.84. The van der Waals surface area contributed by atoms with Crippen molar-refractivity contribution < 1.29 is 24.2 Å². The van der Waals surface area contributed by atoms with E-state index in [1.807, 2.05) is 6.92 Å². The molecule has 0 aromatic heterocycles. The molecule has 2 amide bonds. The zero-order chi connectivity index (χ0) is 20.6. The predicted molar refractivity (Wildman–Crippen MR) is 105 cm³/mol. The molecule has 0 bridgehead atoms. The lowest BCUT2D eigenvalue weighted by molar-refractivity contribution is -0.160. The van der Waals surface area contributed by atoms with E-state index in [4.69, 9.17) is 4.74 Å². The van der Waals surface area contributed by atoms with E-state index in [1.54, 1.807) is 31.3 Å². The van der Waals surface area contributed by atoms with Crippen LogP contribution in [-0.2, 0) is 9.59 Å². The van der Waals surface area contributed by atoms with Gasteiger partial charge in [-0.2, -0.15) is 0 Å². The molecule has 1 aliphatic carbocycles. The van der Waals surface area contributed by atoms with Crippen LogP contribution in [0.2, 0.25) is 0 Å². The van der Waals surface area contributed by atoms with Crippen LogP contribution >= 0.6 is 0 Å². The van der Waals surface area contributed by atoms with Gasteiger partial charge in [0.1, 0.15) is 11.3 Å². The number of benzene rings is 1. The van der Waals surface area contributed by atoms with Gasteiger partial charge in [-0.3, -0.25) is 9.59 Å². The summed E-state index contributed by atoms with van der Waals surface area (Å²) in [6, 6.07) is 7.01. The average molecular weight is 390 g/mol. The summed E-state index contributed by atoms with van der Waals surface area (Å²) < 4.78 is 5.46. The molecule has 0 atom stereocenters. The molecule has 0 radical (unpaired) electrons. The van der Waals surface area contributed by atoms with Gasteiger partial charge in [-0.05, 0) is 38.3 Å². The van der Waals surface area contributed by atoms with E-state index in [2.05, 4.69) is 5.32 Å². The minimum atomic E-state index is -1.09. The number of nitrogens with one attached hydrogen (secondary N) is 1. The second-order valence-corrected chi connectivity index (χ2v) is 7.14. The first-order valence-corrected chi connectivity index (χ1v) is 9.92. The fourth-order valence-electron chi connectivity index (χ4n) is 3.71. The molecule has 0 unspecified atom stereocenters. The van der Waals surface area contributed by atoms with E-state index in [-0.39, 0.29) is 18.2 Å². The van der Waals surface area contributed by atoms with Crippen molar-refractivity contribution in [2.75, 3.05) is 20.2 Å². The Morgan fingerprint density at radius 1 is 1.18 bits per heavy atom. The number of hydrogen-bond acceptors (Lipinski definition) is 4. The molecule has 2 N–H and O–H groups in total. The topological polar surface area (TPSA) is 95.9 Å². The van der Waals surface area contributed by atoms with Crippen LogP contribution in [0.15, 0.2) is 24.3 Å². The summed E-state index contributed by atoms with van der Waals surface area (Å²) in [4.78, 5) is 38.1. The first-order chi connectivity index (χ1) is 13.4. The molecule has 0 aliphatic heterocycles. The Kier molecular flexibility index (Phi) is 7.84. The summed E-state index contributed by atoms with van der Waals surface area (Å²) in [5, 5.41) is 12.5. The second kappa shape index (κ2) is 10.1. The highest BCUT2D eigenvalue weighted by Gasteiger charge is 2.45. The Bertz CT molecular complexity index is 698. The number of hydrogen-bond donors (Lipinski definition) is 2. The number of rotatable bonds is 9. The number of likely N-dealkylation sites (N-methyl/N-ethyl adjacent to an activating group) is 1. The molecule has 1 aromatic carbocycles. The van der Waals surface area contributed by atoms with Crippen LogP contribution in [0, 0.1) is 0 Å². The fraction of sp³-hybridized carbons (Fsp3) is 0.571. The highest BCUT2D eigenvalue weighted by atomic mass is 16.5. The number of carboxylic acids is 1. The minimum absolute atomic E-state index is 0.193. The lowest BCUT2D eigenvalue weighted by atomic mass is 9.80. The maximum Gasteiger partial charge on any atom is 0.329 e. The third kappa shape index (κ3) is 5.03. The lowest BCUT2D eigenvalue weighted by Gasteiger charge is -2.41. The van der Waals surface area contributed by atoms with Gasteiger partial charge >= 0.3 is 5.97 Å². The summed E-state index contributed by atoms with van der Waals surface area (Å²) >= 11 is 0. The molecule has 1 aromatic rings. The average Bonchev–Trinajstić information content (AvgIpc) is 2.71. The number of aliphatic carboxylic acids is 1. The molecular formula is C21H30N2O5. The van der Waals surface area contributed by atoms with Crippen LogP contribution < -0.4 is 10.1 Å². The van der Waals surface area contributed by atoms with Gasteiger partial charge in [0, 0.05) is 20.0 Å². The smallest absolute Gasteiger partial charge is 0.329 e. The number of carbonyl (C=O) groups is 3. The maximum absolute atomic E-state index is 12.5. The van der Waals surface area contributed by atoms with Gasteiger partial charge in [0.15, 0.2) is 0 Å². The van der Waals surface area contributed by atoms with Crippen molar-refractivity contribution in [3.8, 4) is 5.75 Å². The Morgan fingerprint density at radius 2 is 1.86 bits per heavy atom. The zero-order valence-corrected chi connectivity index (χ0v) is 16.7. The van der Waals surface area contributed by atoms with Crippen LogP contribution in [0.1, 0.15) is 62.2 Å². The maximum atomic E-state index is 12.5. The van der Waals surface area contributed by atoms with Gasteiger partial charge in [-0.1, -0.05) is 31.4 Å². The number of amides is 2. The van der Waals surface area contributed by atoms with E-state index in [0.29, 0.717) is 43.7 Å². The highest BCUT2D eigenvalue weighted by molar-refractivity contribution is 5.96. The Labute approximate surface area is 166 Å². The van der Waals surface area contributed by atoms with E-state index in [1.165, 1.54) is 4.90 Å². The summed E-state index contributed by atoms with van der Waals surface area (Å²) in [7, 11) is 1.58. The van der Waals surface area contributed by atoms with Crippen LogP contribution in [-0.4, -0.2) is 53.5 Å². The standard InChI is InChI=1S/C21H30N2O5/c1-3-28-17-11-6-5-10-16(17)19(25)22-15-9-12-18(24)23(2)21(20(26)27)13-7-4-8-14-21/h5-6,10-11H,3-4,7-9,12-15H2,1-2H3,(H,22,25)(H,26,27). The Hall–Kier alpha value is -2.57. The quantitative estimate of drug-likeness (QED) is 0.632. The largest absolute Gasteiger partial charge is 0.493 e.